The van der Waals surface area contributed by atoms with Gasteiger partial charge >= 0.3 is 0 Å². The fourth-order valence-electron chi connectivity index (χ4n) is 2.62. The highest BCUT2D eigenvalue weighted by molar-refractivity contribution is 7.07. The Morgan fingerprint density at radius 1 is 1.50 bits per heavy atom. The molecular formula is C17H17ClN4OS. The van der Waals surface area contributed by atoms with Gasteiger partial charge in [-0.1, -0.05) is 18.0 Å². The molecule has 1 saturated carbocycles. The summed E-state index contributed by atoms with van der Waals surface area (Å²) in [6.07, 6.45) is 7.69. The Bertz CT molecular complexity index is 858. The van der Waals surface area contributed by atoms with Crippen LogP contribution in [0.25, 0.3) is 0 Å². The Labute approximate surface area is 149 Å². The summed E-state index contributed by atoms with van der Waals surface area (Å²) in [6.45, 7) is 0.953. The van der Waals surface area contributed by atoms with Crippen LogP contribution in [-0.4, -0.2) is 17.5 Å². The molecule has 1 aliphatic rings. The van der Waals surface area contributed by atoms with Crippen LogP contribution in [0, 0.1) is 17.4 Å². The monoisotopic (exact) mass is 360 g/mol. The van der Waals surface area contributed by atoms with Gasteiger partial charge in [-0.25, -0.2) is 0 Å². The minimum atomic E-state index is 0.307. The highest BCUT2D eigenvalue weighted by Crippen LogP contribution is 2.27. The highest BCUT2D eigenvalue weighted by atomic mass is 35.5. The molecule has 0 unspecified atom stereocenters. The summed E-state index contributed by atoms with van der Waals surface area (Å²) >= 11 is 7.61. The number of amidine groups is 1. The number of ether oxygens (including phenoxy) is 1. The summed E-state index contributed by atoms with van der Waals surface area (Å²) < 4.78 is 7.48. The van der Waals surface area contributed by atoms with Crippen LogP contribution >= 0.6 is 22.9 Å². The topological polar surface area (TPSA) is 62.7 Å². The van der Waals surface area contributed by atoms with E-state index in [4.69, 9.17) is 21.6 Å². The van der Waals surface area contributed by atoms with Crippen LogP contribution in [-0.2, 0) is 6.54 Å². The minimum Gasteiger partial charge on any atom is -0.496 e. The number of halogens is 1. The molecule has 0 radical (unpaired) electrons. The van der Waals surface area contributed by atoms with Crippen LogP contribution < -0.4 is 9.54 Å². The van der Waals surface area contributed by atoms with E-state index in [-0.39, 0.29) is 0 Å². The van der Waals surface area contributed by atoms with Crippen molar-refractivity contribution in [3.8, 4) is 11.9 Å². The molecule has 1 aliphatic carbocycles. The van der Waals surface area contributed by atoms with Crippen molar-refractivity contribution in [1.82, 2.24) is 4.57 Å². The largest absolute Gasteiger partial charge is 0.496 e. The summed E-state index contributed by atoms with van der Waals surface area (Å²) in [5.74, 6) is 1.61. The van der Waals surface area contributed by atoms with E-state index in [0.29, 0.717) is 22.2 Å². The van der Waals surface area contributed by atoms with Gasteiger partial charge in [0.1, 0.15) is 5.75 Å². The molecule has 0 amide bonds. The van der Waals surface area contributed by atoms with E-state index in [1.54, 1.807) is 25.3 Å². The quantitative estimate of drug-likeness (QED) is 0.472. The van der Waals surface area contributed by atoms with E-state index in [9.17, 15) is 0 Å². The zero-order valence-corrected chi connectivity index (χ0v) is 14.8. The average molecular weight is 361 g/mol. The number of hydrogen-bond acceptors (Lipinski definition) is 4. The van der Waals surface area contributed by atoms with Gasteiger partial charge in [0, 0.05) is 23.1 Å². The Hall–Kier alpha value is -2.10. The van der Waals surface area contributed by atoms with Crippen molar-refractivity contribution in [3.63, 3.8) is 0 Å². The molecule has 0 spiro atoms. The zero-order valence-electron chi connectivity index (χ0n) is 13.3. The maximum atomic E-state index is 9.05. The fraction of sp³-hybridized carbons (Fsp3) is 0.353. The smallest absolute Gasteiger partial charge is 0.207 e. The molecule has 1 fully saturated rings. The molecular weight excluding hydrogens is 344 g/mol. The molecule has 0 bridgehead atoms. The van der Waals surface area contributed by atoms with Crippen LogP contribution in [0.3, 0.4) is 0 Å². The second-order valence-corrected chi connectivity index (χ2v) is 6.94. The second kappa shape index (κ2) is 7.65. The Morgan fingerprint density at radius 2 is 2.33 bits per heavy atom. The van der Waals surface area contributed by atoms with Crippen molar-refractivity contribution in [2.75, 3.05) is 7.11 Å². The molecule has 0 N–H and O–H groups in total. The van der Waals surface area contributed by atoms with E-state index < -0.39 is 0 Å². The summed E-state index contributed by atoms with van der Waals surface area (Å²) in [5, 5.41) is 11.6. The molecule has 3 rings (SSSR count). The molecule has 124 valence electrons. The molecule has 7 heteroatoms. The third-order valence-corrected chi connectivity index (χ3v) is 5.13. The summed E-state index contributed by atoms with van der Waals surface area (Å²) in [6, 6.07) is 5.19. The van der Waals surface area contributed by atoms with Gasteiger partial charge in [-0.15, -0.1) is 11.3 Å². The number of methoxy groups -OCH3 is 1. The lowest BCUT2D eigenvalue weighted by Crippen LogP contribution is -2.24. The number of nitrogens with zero attached hydrogens (tertiary/aromatic N) is 4. The summed E-state index contributed by atoms with van der Waals surface area (Å²) in [4.78, 5) is 9.31. The van der Waals surface area contributed by atoms with E-state index in [1.807, 2.05) is 17.8 Å². The van der Waals surface area contributed by atoms with Crippen LogP contribution in [0.15, 0.2) is 39.8 Å². The SMILES string of the molecule is COc1ccc(Cl)cc1C(=NC#N)/N=c1\sccn1CC1CCC1. The minimum absolute atomic E-state index is 0.307. The molecule has 2 aromatic rings. The van der Waals surface area contributed by atoms with Crippen molar-refractivity contribution in [3.05, 3.63) is 45.2 Å². The first-order chi connectivity index (χ1) is 11.7. The van der Waals surface area contributed by atoms with Crippen LogP contribution in [0.4, 0.5) is 0 Å². The number of benzene rings is 1. The predicted molar refractivity (Wildman–Crippen MR) is 95.4 cm³/mol. The predicted octanol–water partition coefficient (Wildman–Crippen LogP) is 3.84. The molecule has 1 aromatic heterocycles. The Kier molecular flexibility index (Phi) is 5.34. The molecule has 5 nitrogen and oxygen atoms in total. The van der Waals surface area contributed by atoms with E-state index in [0.717, 1.165) is 17.3 Å². The van der Waals surface area contributed by atoms with Crippen molar-refractivity contribution in [1.29, 1.82) is 5.26 Å². The van der Waals surface area contributed by atoms with Gasteiger partial charge in [-0.2, -0.15) is 15.2 Å². The molecule has 1 aromatic carbocycles. The Balaban J connectivity index is 2.02. The maximum Gasteiger partial charge on any atom is 0.207 e. The molecule has 0 saturated heterocycles. The van der Waals surface area contributed by atoms with Crippen molar-refractivity contribution < 1.29 is 4.74 Å². The number of aromatic nitrogens is 1. The zero-order chi connectivity index (χ0) is 16.9. The Morgan fingerprint density at radius 3 is 3.00 bits per heavy atom. The number of nitriles is 1. The van der Waals surface area contributed by atoms with Gasteiger partial charge in [0.25, 0.3) is 0 Å². The van der Waals surface area contributed by atoms with Gasteiger partial charge in [-0.3, -0.25) is 0 Å². The maximum absolute atomic E-state index is 9.05. The van der Waals surface area contributed by atoms with Gasteiger partial charge < -0.3 is 9.30 Å². The van der Waals surface area contributed by atoms with E-state index in [2.05, 4.69) is 14.6 Å². The van der Waals surface area contributed by atoms with Gasteiger partial charge in [0.2, 0.25) is 6.19 Å². The number of aliphatic imine (C=N–C) groups is 1. The molecule has 24 heavy (non-hydrogen) atoms. The number of rotatable bonds is 4. The third-order valence-electron chi connectivity index (χ3n) is 4.10. The molecule has 0 aliphatic heterocycles. The van der Waals surface area contributed by atoms with Crippen LogP contribution in [0.1, 0.15) is 24.8 Å². The van der Waals surface area contributed by atoms with Crippen molar-refractivity contribution >= 4 is 28.8 Å². The van der Waals surface area contributed by atoms with Crippen LogP contribution in [0.5, 0.6) is 5.75 Å². The van der Waals surface area contributed by atoms with Gasteiger partial charge in [0.15, 0.2) is 10.6 Å². The van der Waals surface area contributed by atoms with Gasteiger partial charge in [0.05, 0.1) is 12.7 Å². The fourth-order valence-corrected chi connectivity index (χ4v) is 3.53. The summed E-state index contributed by atoms with van der Waals surface area (Å²) in [7, 11) is 1.57. The second-order valence-electron chi connectivity index (χ2n) is 5.63. The van der Waals surface area contributed by atoms with E-state index >= 15 is 0 Å². The highest BCUT2D eigenvalue weighted by Gasteiger charge is 2.18. The lowest BCUT2D eigenvalue weighted by atomic mass is 9.85. The normalized spacial score (nSPS) is 15.9. The van der Waals surface area contributed by atoms with E-state index in [1.165, 1.54) is 30.6 Å². The van der Waals surface area contributed by atoms with Crippen LogP contribution in [0.2, 0.25) is 5.02 Å². The number of hydrogen-bond donors (Lipinski definition) is 0. The number of thiazole rings is 1. The first kappa shape index (κ1) is 16.7. The molecule has 1 heterocycles. The van der Waals surface area contributed by atoms with Crippen molar-refractivity contribution in [2.24, 2.45) is 15.9 Å². The lowest BCUT2D eigenvalue weighted by molar-refractivity contribution is 0.274. The average Bonchev–Trinajstić information content (AvgIpc) is 2.97. The standard InChI is InChI=1S/C17H17ClN4OS/c1-23-15-6-5-13(18)9-14(15)16(20-11-19)21-17-22(7-8-24-17)10-12-3-2-4-12/h5-9,12H,2-4,10H2,1H3/b20-16?,21-17-. The third kappa shape index (κ3) is 3.69. The lowest BCUT2D eigenvalue weighted by Gasteiger charge is -2.25. The summed E-state index contributed by atoms with van der Waals surface area (Å²) in [5.41, 5.74) is 0.607. The van der Waals surface area contributed by atoms with Gasteiger partial charge in [-0.05, 0) is 37.0 Å². The van der Waals surface area contributed by atoms with Crippen molar-refractivity contribution in [2.45, 2.75) is 25.8 Å². The molecule has 0 atom stereocenters. The first-order valence-corrected chi connectivity index (χ1v) is 8.96. The first-order valence-electron chi connectivity index (χ1n) is 7.70.